The van der Waals surface area contributed by atoms with Gasteiger partial charge in [0, 0.05) is 19.4 Å². The maximum Gasteiger partial charge on any atom is 0.211 e. The van der Waals surface area contributed by atoms with Crippen molar-refractivity contribution in [3.05, 3.63) is 18.2 Å². The van der Waals surface area contributed by atoms with Gasteiger partial charge in [-0.3, -0.25) is 0 Å². The minimum atomic E-state index is -3.12. The van der Waals surface area contributed by atoms with Gasteiger partial charge in [0.1, 0.15) is 5.82 Å². The molecule has 1 aromatic heterocycles. The first-order valence-corrected chi connectivity index (χ1v) is 5.64. The van der Waals surface area contributed by atoms with Crippen molar-refractivity contribution in [1.82, 2.24) is 14.3 Å². The lowest BCUT2D eigenvalue weighted by molar-refractivity contribution is 0.579. The largest absolute Gasteiger partial charge is 0.337 e. The summed E-state index contributed by atoms with van der Waals surface area (Å²) in [5.41, 5.74) is 0. The predicted molar refractivity (Wildman–Crippen MR) is 49.5 cm³/mol. The summed E-state index contributed by atoms with van der Waals surface area (Å²) >= 11 is 0. The number of nitrogens with one attached hydrogen (secondary N) is 1. The topological polar surface area (TPSA) is 64.0 Å². The van der Waals surface area contributed by atoms with E-state index in [1.165, 1.54) is 0 Å². The summed E-state index contributed by atoms with van der Waals surface area (Å²) in [4.78, 5) is 3.99. The number of imidazole rings is 1. The van der Waals surface area contributed by atoms with Crippen molar-refractivity contribution in [2.75, 3.05) is 5.75 Å². The molecule has 0 radical (unpaired) electrons. The second-order valence-electron chi connectivity index (χ2n) is 2.68. The van der Waals surface area contributed by atoms with Gasteiger partial charge in [-0.05, 0) is 6.92 Å². The number of hydrogen-bond acceptors (Lipinski definition) is 3. The summed E-state index contributed by atoms with van der Waals surface area (Å²) in [6.07, 6.45) is 3.41. The fourth-order valence-electron chi connectivity index (χ4n) is 0.843. The Morgan fingerprint density at radius 1 is 1.62 bits per heavy atom. The Balaban J connectivity index is 2.58. The van der Waals surface area contributed by atoms with E-state index >= 15 is 0 Å². The number of sulfonamides is 1. The lowest BCUT2D eigenvalue weighted by Gasteiger charge is -2.03. The van der Waals surface area contributed by atoms with Crippen LogP contribution in [0.1, 0.15) is 12.7 Å². The Kier molecular flexibility index (Phi) is 3.05. The third-order valence-electron chi connectivity index (χ3n) is 1.75. The van der Waals surface area contributed by atoms with Crippen LogP contribution in [0, 0.1) is 0 Å². The summed E-state index contributed by atoms with van der Waals surface area (Å²) < 4.78 is 26.3. The van der Waals surface area contributed by atoms with Gasteiger partial charge in [-0.25, -0.2) is 18.1 Å². The van der Waals surface area contributed by atoms with Crippen LogP contribution in [0.2, 0.25) is 0 Å². The van der Waals surface area contributed by atoms with E-state index in [1.54, 1.807) is 23.9 Å². The molecule has 0 amide bonds. The first-order valence-electron chi connectivity index (χ1n) is 3.98. The molecule has 1 N–H and O–H groups in total. The maximum absolute atomic E-state index is 11.1. The molecule has 0 saturated heterocycles. The summed E-state index contributed by atoms with van der Waals surface area (Å²) in [5.74, 6) is 0.800. The van der Waals surface area contributed by atoms with Crippen molar-refractivity contribution in [3.63, 3.8) is 0 Å². The number of aryl methyl sites for hydroxylation is 1. The first kappa shape index (κ1) is 10.2. The van der Waals surface area contributed by atoms with E-state index in [9.17, 15) is 8.42 Å². The Bertz CT molecular complexity index is 369. The molecule has 0 unspecified atom stereocenters. The minimum absolute atomic E-state index is 0.0947. The van der Waals surface area contributed by atoms with Gasteiger partial charge in [-0.1, -0.05) is 0 Å². The number of hydrogen-bond donors (Lipinski definition) is 1. The van der Waals surface area contributed by atoms with Crippen molar-refractivity contribution in [1.29, 1.82) is 0 Å². The second-order valence-corrected chi connectivity index (χ2v) is 4.77. The Hall–Kier alpha value is -0.880. The normalized spacial score (nSPS) is 11.8. The first-order chi connectivity index (χ1) is 6.05. The zero-order valence-corrected chi connectivity index (χ0v) is 8.50. The highest BCUT2D eigenvalue weighted by atomic mass is 32.2. The van der Waals surface area contributed by atoms with Crippen LogP contribution in [-0.4, -0.2) is 23.7 Å². The number of aromatic nitrogens is 2. The minimum Gasteiger partial charge on any atom is -0.337 e. The van der Waals surface area contributed by atoms with Crippen molar-refractivity contribution < 1.29 is 8.42 Å². The summed E-state index contributed by atoms with van der Waals surface area (Å²) in [6, 6.07) is 0. The molecular formula is C7H13N3O2S. The Morgan fingerprint density at radius 3 is 2.77 bits per heavy atom. The van der Waals surface area contributed by atoms with Gasteiger partial charge in [-0.15, -0.1) is 0 Å². The standard InChI is InChI=1S/C7H13N3O2S/c1-3-13(11,12)9-6-7-8-4-5-10(7)2/h4-5,9H,3,6H2,1-2H3. The molecule has 1 heterocycles. The fraction of sp³-hybridized carbons (Fsp3) is 0.571. The average molecular weight is 203 g/mol. The van der Waals surface area contributed by atoms with Crippen molar-refractivity contribution >= 4 is 10.0 Å². The van der Waals surface area contributed by atoms with Crippen LogP contribution < -0.4 is 4.72 Å². The van der Waals surface area contributed by atoms with E-state index in [1.807, 2.05) is 7.05 Å². The quantitative estimate of drug-likeness (QED) is 0.740. The molecule has 74 valence electrons. The Morgan fingerprint density at radius 2 is 2.31 bits per heavy atom. The van der Waals surface area contributed by atoms with Crippen LogP contribution in [0.15, 0.2) is 12.4 Å². The van der Waals surface area contributed by atoms with Gasteiger partial charge < -0.3 is 4.57 Å². The molecule has 13 heavy (non-hydrogen) atoms. The predicted octanol–water partition coefficient (Wildman–Crippen LogP) is -0.141. The smallest absolute Gasteiger partial charge is 0.211 e. The molecule has 6 heteroatoms. The summed E-state index contributed by atoms with van der Waals surface area (Å²) in [6.45, 7) is 1.85. The molecule has 1 rings (SSSR count). The van der Waals surface area contributed by atoms with Gasteiger partial charge in [0.2, 0.25) is 10.0 Å². The molecule has 0 bridgehead atoms. The molecule has 0 aliphatic heterocycles. The van der Waals surface area contributed by atoms with Crippen LogP contribution in [-0.2, 0) is 23.6 Å². The third-order valence-corrected chi connectivity index (χ3v) is 3.10. The van der Waals surface area contributed by atoms with Crippen LogP contribution in [0.4, 0.5) is 0 Å². The van der Waals surface area contributed by atoms with Crippen LogP contribution in [0.5, 0.6) is 0 Å². The van der Waals surface area contributed by atoms with Crippen molar-refractivity contribution in [2.45, 2.75) is 13.5 Å². The van der Waals surface area contributed by atoms with Crippen molar-refractivity contribution in [3.8, 4) is 0 Å². The monoisotopic (exact) mass is 203 g/mol. The number of nitrogens with zero attached hydrogens (tertiary/aromatic N) is 2. The molecule has 0 spiro atoms. The third kappa shape index (κ3) is 2.82. The fourth-order valence-corrected chi connectivity index (χ4v) is 1.40. The lowest BCUT2D eigenvalue weighted by Crippen LogP contribution is -2.26. The van der Waals surface area contributed by atoms with Crippen molar-refractivity contribution in [2.24, 2.45) is 7.05 Å². The molecule has 1 aromatic rings. The van der Waals surface area contributed by atoms with Gasteiger partial charge >= 0.3 is 0 Å². The molecule has 0 atom stereocenters. The van der Waals surface area contributed by atoms with Crippen LogP contribution in [0.3, 0.4) is 0 Å². The number of rotatable bonds is 4. The summed E-state index contributed by atoms with van der Waals surface area (Å²) in [7, 11) is -1.29. The lowest BCUT2D eigenvalue weighted by atomic mass is 10.6. The maximum atomic E-state index is 11.1. The molecule has 0 fully saturated rings. The van der Waals surface area contributed by atoms with E-state index in [4.69, 9.17) is 0 Å². The van der Waals surface area contributed by atoms with E-state index < -0.39 is 10.0 Å². The molecule has 0 aliphatic carbocycles. The van der Waals surface area contributed by atoms with Gasteiger partial charge in [0.15, 0.2) is 0 Å². The highest BCUT2D eigenvalue weighted by Gasteiger charge is 2.07. The average Bonchev–Trinajstić information content (AvgIpc) is 2.48. The second kappa shape index (κ2) is 3.89. The Labute approximate surface area is 77.8 Å². The summed E-state index contributed by atoms with van der Waals surface area (Å²) in [5, 5.41) is 0. The molecular weight excluding hydrogens is 190 g/mol. The van der Waals surface area contributed by atoms with Gasteiger partial charge in [0.25, 0.3) is 0 Å². The van der Waals surface area contributed by atoms with Gasteiger partial charge in [-0.2, -0.15) is 0 Å². The van der Waals surface area contributed by atoms with Gasteiger partial charge in [0.05, 0.1) is 12.3 Å². The van der Waals surface area contributed by atoms with Crippen LogP contribution >= 0.6 is 0 Å². The molecule has 0 aromatic carbocycles. The van der Waals surface area contributed by atoms with E-state index in [-0.39, 0.29) is 12.3 Å². The highest BCUT2D eigenvalue weighted by molar-refractivity contribution is 7.89. The van der Waals surface area contributed by atoms with E-state index in [0.717, 1.165) is 0 Å². The van der Waals surface area contributed by atoms with E-state index in [0.29, 0.717) is 5.82 Å². The molecule has 0 aliphatic rings. The zero-order chi connectivity index (χ0) is 9.90. The zero-order valence-electron chi connectivity index (χ0n) is 7.69. The molecule has 5 nitrogen and oxygen atoms in total. The van der Waals surface area contributed by atoms with Crippen LogP contribution in [0.25, 0.3) is 0 Å². The SMILES string of the molecule is CCS(=O)(=O)NCc1nccn1C. The molecule has 0 saturated carbocycles. The van der Waals surface area contributed by atoms with E-state index in [2.05, 4.69) is 9.71 Å². The highest BCUT2D eigenvalue weighted by Crippen LogP contribution is 1.94.